The largest absolute Gasteiger partial charge is 0.458 e. The topological polar surface area (TPSA) is 55.4 Å². The molecule has 0 radical (unpaired) electrons. The molecule has 3 rings (SSSR count). The minimum absolute atomic E-state index is 0. The van der Waals surface area contributed by atoms with Gasteiger partial charge in [-0.05, 0) is 63.5 Å². The molecule has 4 nitrogen and oxygen atoms in total. The molecule has 0 bridgehead atoms. The third-order valence-electron chi connectivity index (χ3n) is 6.37. The molecule has 2 aliphatic rings. The summed E-state index contributed by atoms with van der Waals surface area (Å²) in [6, 6.07) is 6.06. The average molecular weight is 716 g/mol. The second-order valence-corrected chi connectivity index (χ2v) is 13.6. The number of esters is 1. The summed E-state index contributed by atoms with van der Waals surface area (Å²) in [5.41, 5.74) is 3.58. The second kappa shape index (κ2) is 14.7. The van der Waals surface area contributed by atoms with Gasteiger partial charge >= 0.3 is 5.97 Å². The number of benzene rings is 1. The van der Waals surface area contributed by atoms with Crippen molar-refractivity contribution in [3.63, 3.8) is 0 Å². The Morgan fingerprint density at radius 1 is 1.09 bits per heavy atom. The number of carbonyl (C=O) groups is 2. The number of amides is 1. The number of hydrogen-bond donors (Lipinski definition) is 1. The molecule has 180 valence electrons. The number of para-hydroxylation sites is 1. The number of ether oxygens (including phenoxy) is 1. The van der Waals surface area contributed by atoms with E-state index in [1.165, 1.54) is 12.8 Å². The van der Waals surface area contributed by atoms with Gasteiger partial charge in [0, 0.05) is 49.1 Å². The Kier molecular flexibility index (Phi) is 13.6. The van der Waals surface area contributed by atoms with Crippen molar-refractivity contribution in [1.29, 1.82) is 0 Å². The van der Waals surface area contributed by atoms with Crippen LogP contribution in [-0.4, -0.2) is 43.1 Å². The van der Waals surface area contributed by atoms with Crippen molar-refractivity contribution in [2.24, 2.45) is 0 Å². The molecule has 1 aromatic carbocycles. The third kappa shape index (κ3) is 8.85. The summed E-state index contributed by atoms with van der Waals surface area (Å²) in [6.07, 6.45) is 13.7. The van der Waals surface area contributed by atoms with Crippen LogP contribution in [0.15, 0.2) is 41.0 Å². The Bertz CT molecular complexity index is 856. The van der Waals surface area contributed by atoms with Crippen LogP contribution in [-0.2, 0) is 14.3 Å². The number of allylic oxidation sites excluding steroid dienone is 2. The van der Waals surface area contributed by atoms with E-state index in [0.29, 0.717) is 29.8 Å². The molecular weight excluding hydrogens is 679 g/mol. The van der Waals surface area contributed by atoms with Crippen molar-refractivity contribution >= 4 is 36.4 Å². The Balaban J connectivity index is 0.00000272. The first-order valence-electron chi connectivity index (χ1n) is 11.3. The molecule has 1 N–H and O–H groups in total. The van der Waals surface area contributed by atoms with Gasteiger partial charge in [-0.15, -0.1) is 0 Å². The molecule has 1 aliphatic carbocycles. The standard InChI is InChI=1S/C25H33ClNO3P.CH3.U/c1-19-10-9-11-20(2)24(19)27-23(28)18-31(15-7-3-4-8-16-31)17-14-30-25(29)21-12-5-6-13-22(21)26;;/h5,9-12H,3-4,6-8,13-18H2,1-2H3;1H3;/q;-1;/p+1. The fourth-order valence-corrected chi connectivity index (χ4v) is 8.89. The van der Waals surface area contributed by atoms with Crippen molar-refractivity contribution in [3.05, 3.63) is 59.5 Å². The number of rotatable bonds is 7. The Labute approximate surface area is 229 Å². The van der Waals surface area contributed by atoms with E-state index in [9.17, 15) is 9.59 Å². The first-order chi connectivity index (χ1) is 14.9. The monoisotopic (exact) mass is 715 g/mol. The van der Waals surface area contributed by atoms with Gasteiger partial charge in [0.05, 0.1) is 24.1 Å². The van der Waals surface area contributed by atoms with E-state index >= 15 is 0 Å². The van der Waals surface area contributed by atoms with E-state index in [-0.39, 0.29) is 50.4 Å². The molecule has 0 unspecified atom stereocenters. The summed E-state index contributed by atoms with van der Waals surface area (Å²) >= 11 is 6.21. The third-order valence-corrected chi connectivity index (χ3v) is 11.4. The van der Waals surface area contributed by atoms with Gasteiger partial charge in [0.15, 0.2) is 0 Å². The smallest absolute Gasteiger partial charge is 0.339 e. The molecule has 1 heterocycles. The van der Waals surface area contributed by atoms with Crippen LogP contribution in [0.5, 0.6) is 0 Å². The minimum Gasteiger partial charge on any atom is -0.458 e. The number of nitrogens with one attached hydrogen (secondary N) is 1. The molecule has 1 aromatic rings. The van der Waals surface area contributed by atoms with E-state index in [4.69, 9.17) is 16.3 Å². The fourth-order valence-electron chi connectivity index (χ4n) is 4.54. The van der Waals surface area contributed by atoms with E-state index in [1.807, 2.05) is 38.1 Å². The molecule has 0 atom stereocenters. The molecule has 0 saturated carbocycles. The van der Waals surface area contributed by atoms with Crippen LogP contribution in [0.2, 0.25) is 0 Å². The predicted octanol–water partition coefficient (Wildman–Crippen LogP) is 6.67. The van der Waals surface area contributed by atoms with Crippen molar-refractivity contribution in [2.75, 3.05) is 36.6 Å². The molecule has 0 spiro atoms. The quantitative estimate of drug-likeness (QED) is 0.195. The maximum Gasteiger partial charge on any atom is 0.339 e. The molecule has 1 aliphatic heterocycles. The van der Waals surface area contributed by atoms with Gasteiger partial charge in [-0.25, -0.2) is 4.79 Å². The molecular formula is C26H37ClNO3PU. The molecule has 33 heavy (non-hydrogen) atoms. The van der Waals surface area contributed by atoms with Crippen LogP contribution in [0.1, 0.15) is 49.7 Å². The van der Waals surface area contributed by atoms with E-state index < -0.39 is 7.26 Å². The van der Waals surface area contributed by atoms with Crippen molar-refractivity contribution in [1.82, 2.24) is 0 Å². The fraction of sp³-hybridized carbons (Fsp3) is 0.500. The zero-order chi connectivity index (χ0) is 22.3. The van der Waals surface area contributed by atoms with Crippen molar-refractivity contribution in [3.8, 4) is 0 Å². The summed E-state index contributed by atoms with van der Waals surface area (Å²) in [6.45, 7) is 4.42. The summed E-state index contributed by atoms with van der Waals surface area (Å²) in [4.78, 5) is 25.5. The van der Waals surface area contributed by atoms with Gasteiger partial charge in [-0.2, -0.15) is 0 Å². The molecule has 1 fully saturated rings. The molecule has 1 amide bonds. The Morgan fingerprint density at radius 2 is 1.73 bits per heavy atom. The number of anilines is 1. The van der Waals surface area contributed by atoms with Crippen LogP contribution in [0.4, 0.5) is 5.69 Å². The van der Waals surface area contributed by atoms with E-state index in [2.05, 4.69) is 5.32 Å². The first kappa shape index (κ1) is 30.4. The molecule has 7 heteroatoms. The number of halogens is 1. The summed E-state index contributed by atoms with van der Waals surface area (Å²) in [5.74, 6) is -0.242. The minimum atomic E-state index is -1.52. The summed E-state index contributed by atoms with van der Waals surface area (Å²) in [7, 11) is -1.52. The van der Waals surface area contributed by atoms with Gasteiger partial charge in [-0.3, -0.25) is 4.79 Å². The van der Waals surface area contributed by atoms with Gasteiger partial charge in [-0.1, -0.05) is 42.0 Å². The van der Waals surface area contributed by atoms with Crippen molar-refractivity contribution in [2.45, 2.75) is 52.4 Å². The summed E-state index contributed by atoms with van der Waals surface area (Å²) < 4.78 is 5.62. The van der Waals surface area contributed by atoms with Gasteiger partial charge in [0.25, 0.3) is 5.91 Å². The Morgan fingerprint density at radius 3 is 2.33 bits per heavy atom. The SMILES string of the molecule is Cc1cccc(C)c1NC(=O)C[P+]1(CCOC(=O)C2=C(Cl)CCC=C2)CCCCCC1.[CH3-].[U]. The van der Waals surface area contributed by atoms with Gasteiger partial charge in [0.2, 0.25) is 0 Å². The van der Waals surface area contributed by atoms with Crippen LogP contribution >= 0.6 is 18.9 Å². The molecule has 1 saturated heterocycles. The number of aryl methyl sites for hydroxylation is 2. The second-order valence-electron chi connectivity index (χ2n) is 8.80. The van der Waals surface area contributed by atoms with Crippen molar-refractivity contribution < 1.29 is 45.4 Å². The zero-order valence-electron chi connectivity index (χ0n) is 20.2. The van der Waals surface area contributed by atoms with Crippen LogP contribution in [0, 0.1) is 52.4 Å². The van der Waals surface area contributed by atoms with E-state index in [1.54, 1.807) is 6.08 Å². The van der Waals surface area contributed by atoms with Crippen LogP contribution in [0.3, 0.4) is 0 Å². The van der Waals surface area contributed by atoms with Gasteiger partial charge in [0.1, 0.15) is 12.8 Å². The zero-order valence-corrected chi connectivity index (χ0v) is 26.0. The van der Waals surface area contributed by atoms with Crippen LogP contribution in [0.25, 0.3) is 0 Å². The molecule has 0 aromatic heterocycles. The maximum absolute atomic E-state index is 13.1. The summed E-state index contributed by atoms with van der Waals surface area (Å²) in [5, 5.41) is 3.76. The average Bonchev–Trinajstić information content (AvgIpc) is 2.97. The normalized spacial score (nSPS) is 17.3. The predicted molar refractivity (Wildman–Crippen MR) is 138 cm³/mol. The Hall–Kier alpha value is -0.588. The number of carbonyl (C=O) groups excluding carboxylic acids is 2. The number of hydrogen-bond acceptors (Lipinski definition) is 3. The van der Waals surface area contributed by atoms with Gasteiger partial charge < -0.3 is 17.5 Å². The van der Waals surface area contributed by atoms with E-state index in [0.717, 1.165) is 54.6 Å². The maximum atomic E-state index is 13.1. The van der Waals surface area contributed by atoms with Crippen LogP contribution < -0.4 is 5.32 Å². The first-order valence-corrected chi connectivity index (χ1v) is 14.2.